The highest BCUT2D eigenvalue weighted by atomic mass is 16.3. The molecule has 6 aromatic rings. The van der Waals surface area contributed by atoms with E-state index in [1.807, 2.05) is 48.0 Å². The fourth-order valence-electron chi connectivity index (χ4n) is 4.90. The Balaban J connectivity index is 1.37. The number of imidazole rings is 2. The molecule has 3 aromatic heterocycles. The minimum absolute atomic E-state index is 0.0943. The maximum Gasteiger partial charge on any atom is 0.261 e. The van der Waals surface area contributed by atoms with Gasteiger partial charge in [0.05, 0.1) is 35.7 Å². The molecular formula is C29H26N6O2. The third-order valence-electron chi connectivity index (χ3n) is 6.69. The predicted molar refractivity (Wildman–Crippen MR) is 146 cm³/mol. The van der Waals surface area contributed by atoms with Gasteiger partial charge in [0, 0.05) is 24.3 Å². The van der Waals surface area contributed by atoms with Gasteiger partial charge in [-0.1, -0.05) is 42.5 Å². The third-order valence-corrected chi connectivity index (χ3v) is 6.69. The Bertz CT molecular complexity index is 1760. The summed E-state index contributed by atoms with van der Waals surface area (Å²) in [5, 5.41) is 15.9. The van der Waals surface area contributed by atoms with Gasteiger partial charge in [0.1, 0.15) is 11.4 Å². The maximum atomic E-state index is 13.0. The Morgan fingerprint density at radius 3 is 2.81 bits per heavy atom. The van der Waals surface area contributed by atoms with E-state index in [2.05, 4.69) is 44.5 Å². The lowest BCUT2D eigenvalue weighted by Crippen LogP contribution is -2.28. The van der Waals surface area contributed by atoms with Crippen molar-refractivity contribution in [2.45, 2.75) is 19.4 Å². The van der Waals surface area contributed by atoms with Crippen molar-refractivity contribution in [3.63, 3.8) is 0 Å². The van der Waals surface area contributed by atoms with Crippen LogP contribution < -0.4 is 10.9 Å². The van der Waals surface area contributed by atoms with Gasteiger partial charge < -0.3 is 25.0 Å². The molecule has 0 amide bonds. The summed E-state index contributed by atoms with van der Waals surface area (Å²) in [5.74, 6) is 0.465. The highest BCUT2D eigenvalue weighted by Crippen LogP contribution is 2.28. The number of hydrogen-bond donors (Lipinski definition) is 4. The monoisotopic (exact) mass is 490 g/mol. The summed E-state index contributed by atoms with van der Waals surface area (Å²) in [6.45, 7) is 1.90. The van der Waals surface area contributed by atoms with Crippen molar-refractivity contribution in [3.05, 3.63) is 107 Å². The fourth-order valence-corrected chi connectivity index (χ4v) is 4.90. The predicted octanol–water partition coefficient (Wildman–Crippen LogP) is 4.58. The van der Waals surface area contributed by atoms with Gasteiger partial charge >= 0.3 is 0 Å². The van der Waals surface area contributed by atoms with Crippen LogP contribution in [0, 0.1) is 6.92 Å². The molecule has 0 aliphatic rings. The van der Waals surface area contributed by atoms with E-state index in [-0.39, 0.29) is 18.2 Å². The number of aromatic amines is 2. The number of pyridine rings is 1. The first-order valence-electron chi connectivity index (χ1n) is 12.2. The minimum Gasteiger partial charge on any atom is -0.394 e. The summed E-state index contributed by atoms with van der Waals surface area (Å²) in [4.78, 5) is 28.0. The van der Waals surface area contributed by atoms with E-state index in [1.54, 1.807) is 24.8 Å². The van der Waals surface area contributed by atoms with E-state index < -0.39 is 0 Å². The second-order valence-electron chi connectivity index (χ2n) is 9.18. The first-order valence-corrected chi connectivity index (χ1v) is 12.2. The molecule has 0 bridgehead atoms. The first kappa shape index (κ1) is 22.8. The van der Waals surface area contributed by atoms with Crippen LogP contribution in [0.5, 0.6) is 0 Å². The quantitative estimate of drug-likeness (QED) is 0.262. The normalized spacial score (nSPS) is 12.3. The lowest BCUT2D eigenvalue weighted by Gasteiger charge is -2.20. The van der Waals surface area contributed by atoms with Gasteiger partial charge in [0.15, 0.2) is 0 Å². The first-order chi connectivity index (χ1) is 18.1. The van der Waals surface area contributed by atoms with Gasteiger partial charge in [-0.25, -0.2) is 9.97 Å². The number of benzene rings is 3. The van der Waals surface area contributed by atoms with Crippen LogP contribution in [-0.4, -0.2) is 42.3 Å². The van der Waals surface area contributed by atoms with Crippen LogP contribution in [0.2, 0.25) is 0 Å². The summed E-state index contributed by atoms with van der Waals surface area (Å²) in [6, 6.07) is 19.9. The molecule has 0 saturated heterocycles. The molecule has 0 radical (unpaired) electrons. The van der Waals surface area contributed by atoms with Crippen LogP contribution >= 0.6 is 0 Å². The van der Waals surface area contributed by atoms with Crippen LogP contribution in [-0.2, 0) is 6.42 Å². The van der Waals surface area contributed by atoms with E-state index in [0.717, 1.165) is 38.6 Å². The Morgan fingerprint density at radius 2 is 1.97 bits per heavy atom. The van der Waals surface area contributed by atoms with E-state index >= 15 is 0 Å². The van der Waals surface area contributed by atoms with Crippen molar-refractivity contribution in [2.24, 2.45) is 0 Å². The molecule has 0 aliphatic carbocycles. The Kier molecular flexibility index (Phi) is 5.78. The minimum atomic E-state index is -0.301. The summed E-state index contributed by atoms with van der Waals surface area (Å²) >= 11 is 0. The van der Waals surface area contributed by atoms with Gasteiger partial charge in [-0.2, -0.15) is 0 Å². The zero-order chi connectivity index (χ0) is 25.4. The van der Waals surface area contributed by atoms with Gasteiger partial charge in [0.2, 0.25) is 0 Å². The van der Waals surface area contributed by atoms with Crippen molar-refractivity contribution < 1.29 is 5.11 Å². The third kappa shape index (κ3) is 4.28. The largest absolute Gasteiger partial charge is 0.394 e. The number of aliphatic hydroxyl groups excluding tert-OH is 1. The lowest BCUT2D eigenvalue weighted by molar-refractivity contribution is 0.274. The molecule has 4 N–H and O–H groups in total. The molecule has 1 atom stereocenters. The number of aromatic nitrogens is 5. The molecule has 6 rings (SSSR count). The highest BCUT2D eigenvalue weighted by molar-refractivity contribution is 5.87. The van der Waals surface area contributed by atoms with Crippen molar-refractivity contribution in [1.29, 1.82) is 0 Å². The van der Waals surface area contributed by atoms with Gasteiger partial charge in [-0.05, 0) is 53.4 Å². The van der Waals surface area contributed by atoms with Crippen molar-refractivity contribution in [2.75, 3.05) is 11.9 Å². The Hall–Kier alpha value is -4.69. The van der Waals surface area contributed by atoms with Crippen LogP contribution in [0.4, 0.5) is 5.69 Å². The number of anilines is 1. The molecule has 37 heavy (non-hydrogen) atoms. The second kappa shape index (κ2) is 9.40. The number of nitrogens with one attached hydrogen (secondary N) is 3. The molecular weight excluding hydrogens is 464 g/mol. The Morgan fingerprint density at radius 1 is 1.11 bits per heavy atom. The number of H-pyrrole nitrogens is 2. The Labute approximate surface area is 212 Å². The van der Waals surface area contributed by atoms with Gasteiger partial charge in [-0.3, -0.25) is 4.79 Å². The van der Waals surface area contributed by atoms with Crippen molar-refractivity contribution in [1.82, 2.24) is 24.5 Å². The number of rotatable bonds is 7. The average Bonchev–Trinajstić information content (AvgIpc) is 3.59. The summed E-state index contributed by atoms with van der Waals surface area (Å²) in [7, 11) is 0. The number of hydrogen-bond acceptors (Lipinski definition) is 5. The summed E-state index contributed by atoms with van der Waals surface area (Å²) in [6.07, 6.45) is 7.55. The molecule has 8 nitrogen and oxygen atoms in total. The van der Waals surface area contributed by atoms with Crippen LogP contribution in [0.15, 0.2) is 90.4 Å². The van der Waals surface area contributed by atoms with Crippen molar-refractivity contribution >= 4 is 27.5 Å². The van der Waals surface area contributed by atoms with Crippen LogP contribution in [0.25, 0.3) is 38.9 Å². The molecule has 184 valence electrons. The second-order valence-corrected chi connectivity index (χ2v) is 9.18. The van der Waals surface area contributed by atoms with Gasteiger partial charge in [0.25, 0.3) is 5.56 Å². The molecule has 0 fully saturated rings. The van der Waals surface area contributed by atoms with E-state index in [9.17, 15) is 9.90 Å². The SMILES string of the molecule is Cc1cc(-n2ccnc2)cc2[nH]c(-c3c(NC(CO)Cc4cccc5ccccc45)cc[nH]c3=O)nc12. The molecule has 3 aromatic carbocycles. The number of nitrogens with zero attached hydrogens (tertiary/aromatic N) is 3. The summed E-state index contributed by atoms with van der Waals surface area (Å²) < 4.78 is 1.92. The number of aryl methyl sites for hydroxylation is 1. The fraction of sp³-hybridized carbons (Fsp3) is 0.138. The molecule has 3 heterocycles. The zero-order valence-corrected chi connectivity index (χ0v) is 20.3. The molecule has 8 heteroatoms. The smallest absolute Gasteiger partial charge is 0.261 e. The van der Waals surface area contributed by atoms with Crippen molar-refractivity contribution in [3.8, 4) is 17.1 Å². The van der Waals surface area contributed by atoms with E-state index in [1.165, 1.54) is 0 Å². The highest BCUT2D eigenvalue weighted by Gasteiger charge is 2.19. The maximum absolute atomic E-state index is 13.0. The number of aliphatic hydroxyl groups is 1. The van der Waals surface area contributed by atoms with E-state index in [4.69, 9.17) is 4.98 Å². The van der Waals surface area contributed by atoms with E-state index in [0.29, 0.717) is 23.5 Å². The summed E-state index contributed by atoms with van der Waals surface area (Å²) in [5.41, 5.74) is 5.42. The lowest BCUT2D eigenvalue weighted by atomic mass is 9.98. The van der Waals surface area contributed by atoms with Gasteiger partial charge in [-0.15, -0.1) is 0 Å². The number of fused-ring (bicyclic) bond motifs is 2. The van der Waals surface area contributed by atoms with Crippen LogP contribution in [0.3, 0.4) is 0 Å². The zero-order valence-electron chi connectivity index (χ0n) is 20.3. The average molecular weight is 491 g/mol. The molecule has 0 aliphatic heterocycles. The van der Waals surface area contributed by atoms with Crippen LogP contribution in [0.1, 0.15) is 11.1 Å². The topological polar surface area (TPSA) is 112 Å². The standard InChI is InChI=1S/C29H26N6O2/c1-18-13-22(35-12-11-30-17-35)15-25-27(18)34-28(33-25)26-24(9-10-31-29(26)37)32-21(16-36)14-20-7-4-6-19-5-2-3-8-23(19)20/h2-13,15,17,21,36H,14,16H2,1H3,(H,33,34)(H2,31,32,37). The molecule has 1 unspecified atom stereocenters. The molecule has 0 saturated carbocycles. The molecule has 0 spiro atoms.